The largest absolute Gasteiger partial charge is 0.493 e. The molecule has 1 saturated heterocycles. The van der Waals surface area contributed by atoms with Crippen LogP contribution in [-0.4, -0.2) is 35.6 Å². The van der Waals surface area contributed by atoms with E-state index in [4.69, 9.17) is 32.7 Å². The van der Waals surface area contributed by atoms with Gasteiger partial charge in [-0.15, -0.1) is 0 Å². The van der Waals surface area contributed by atoms with Gasteiger partial charge >= 0.3 is 0 Å². The molecule has 0 radical (unpaired) electrons. The average molecular weight is 557 g/mol. The van der Waals surface area contributed by atoms with Gasteiger partial charge in [0.15, 0.2) is 11.5 Å². The van der Waals surface area contributed by atoms with Crippen molar-refractivity contribution in [2.75, 3.05) is 19.0 Å². The van der Waals surface area contributed by atoms with Crippen LogP contribution in [0, 0.1) is 0 Å². The number of nitrogens with one attached hydrogen (secondary N) is 1. The lowest BCUT2D eigenvalue weighted by atomic mass is 10.1. The number of thioether (sulfide) groups is 1. The first-order valence-corrected chi connectivity index (χ1v) is 12.8. The summed E-state index contributed by atoms with van der Waals surface area (Å²) in [6.07, 6.45) is 1.59. The van der Waals surface area contributed by atoms with Crippen LogP contribution in [0.4, 0.5) is 10.5 Å². The Morgan fingerprint density at radius 2 is 1.65 bits per heavy atom. The maximum Gasteiger partial charge on any atom is 0.293 e. The summed E-state index contributed by atoms with van der Waals surface area (Å²) in [6, 6.07) is 19.2. The molecule has 1 N–H and O–H groups in total. The number of hydrogen-bond acceptors (Lipinski definition) is 6. The minimum absolute atomic E-state index is 0.0256. The summed E-state index contributed by atoms with van der Waals surface area (Å²) in [7, 11) is 1.53. The average Bonchev–Trinajstić information content (AvgIpc) is 3.15. The molecule has 37 heavy (non-hydrogen) atoms. The first-order chi connectivity index (χ1) is 17.8. The molecule has 7 nitrogen and oxygen atoms in total. The molecule has 1 aliphatic rings. The Bertz CT molecular complexity index is 1340. The Balaban J connectivity index is 1.37. The van der Waals surface area contributed by atoms with E-state index in [1.54, 1.807) is 60.7 Å². The highest BCUT2D eigenvalue weighted by Crippen LogP contribution is 2.35. The van der Waals surface area contributed by atoms with Crippen molar-refractivity contribution < 1.29 is 23.9 Å². The van der Waals surface area contributed by atoms with Gasteiger partial charge in [-0.1, -0.05) is 41.4 Å². The SMILES string of the molecule is COc1cc(/C=C2\SC(=O)N(CCC(=O)Nc3ccc(Cl)cc3)C2=O)ccc1OCc1ccc(Cl)cc1. The molecular formula is C27H22Cl2N2O5S. The summed E-state index contributed by atoms with van der Waals surface area (Å²) < 4.78 is 11.3. The minimum Gasteiger partial charge on any atom is -0.493 e. The second-order valence-corrected chi connectivity index (χ2v) is 9.83. The third-order valence-electron chi connectivity index (χ3n) is 5.36. The lowest BCUT2D eigenvalue weighted by Crippen LogP contribution is -2.31. The number of anilines is 1. The standard InChI is InChI=1S/C27H22Cl2N2O5S/c1-35-23-14-18(4-11-22(23)36-16-17-2-5-19(28)6-3-17)15-24-26(33)31(27(34)37-24)13-12-25(32)30-21-9-7-20(29)8-10-21/h2-11,14-15H,12-13,16H2,1H3,(H,30,32)/b24-15-. The van der Waals surface area contributed by atoms with E-state index < -0.39 is 11.1 Å². The normalized spacial score (nSPS) is 14.2. The fourth-order valence-corrected chi connectivity index (χ4v) is 4.57. The maximum absolute atomic E-state index is 12.8. The summed E-state index contributed by atoms with van der Waals surface area (Å²) in [5.41, 5.74) is 2.20. The van der Waals surface area contributed by atoms with E-state index >= 15 is 0 Å². The Labute approximate surface area is 228 Å². The molecule has 0 saturated carbocycles. The number of halogens is 2. The van der Waals surface area contributed by atoms with Crippen LogP contribution in [0.2, 0.25) is 10.0 Å². The van der Waals surface area contributed by atoms with Gasteiger partial charge in [-0.3, -0.25) is 19.3 Å². The zero-order valence-corrected chi connectivity index (χ0v) is 22.0. The molecule has 0 atom stereocenters. The van der Waals surface area contributed by atoms with Crippen LogP contribution < -0.4 is 14.8 Å². The molecule has 3 amide bonds. The number of methoxy groups -OCH3 is 1. The van der Waals surface area contributed by atoms with Gasteiger partial charge in [-0.25, -0.2) is 0 Å². The maximum atomic E-state index is 12.8. The van der Waals surface area contributed by atoms with E-state index in [9.17, 15) is 14.4 Å². The number of benzene rings is 3. The number of carbonyl (C=O) groups excluding carboxylic acids is 3. The fourth-order valence-electron chi connectivity index (χ4n) is 3.45. The molecular weight excluding hydrogens is 535 g/mol. The summed E-state index contributed by atoms with van der Waals surface area (Å²) in [4.78, 5) is 38.9. The lowest BCUT2D eigenvalue weighted by Gasteiger charge is -2.12. The van der Waals surface area contributed by atoms with Crippen molar-refractivity contribution in [1.82, 2.24) is 4.90 Å². The van der Waals surface area contributed by atoms with Crippen LogP contribution in [0.15, 0.2) is 71.6 Å². The van der Waals surface area contributed by atoms with Crippen molar-refractivity contribution in [2.45, 2.75) is 13.0 Å². The zero-order chi connectivity index (χ0) is 26.4. The molecule has 3 aromatic carbocycles. The zero-order valence-electron chi connectivity index (χ0n) is 19.7. The van der Waals surface area contributed by atoms with Crippen LogP contribution in [0.3, 0.4) is 0 Å². The predicted molar refractivity (Wildman–Crippen MR) is 146 cm³/mol. The first-order valence-electron chi connectivity index (χ1n) is 11.2. The van der Waals surface area contributed by atoms with Crippen LogP contribution in [-0.2, 0) is 16.2 Å². The Morgan fingerprint density at radius 1 is 0.973 bits per heavy atom. The van der Waals surface area contributed by atoms with E-state index in [0.29, 0.717) is 39.4 Å². The van der Waals surface area contributed by atoms with Crippen molar-refractivity contribution in [2.24, 2.45) is 0 Å². The topological polar surface area (TPSA) is 84.9 Å². The van der Waals surface area contributed by atoms with Crippen molar-refractivity contribution in [3.63, 3.8) is 0 Å². The van der Waals surface area contributed by atoms with Crippen molar-refractivity contribution in [1.29, 1.82) is 0 Å². The van der Waals surface area contributed by atoms with Crippen molar-refractivity contribution in [3.05, 3.63) is 92.8 Å². The number of carbonyl (C=O) groups is 3. The fraction of sp³-hybridized carbons (Fsp3) is 0.148. The van der Waals surface area contributed by atoms with E-state index in [1.165, 1.54) is 7.11 Å². The van der Waals surface area contributed by atoms with Gasteiger partial charge in [-0.05, 0) is 77.5 Å². The Morgan fingerprint density at radius 3 is 2.32 bits per heavy atom. The molecule has 10 heteroatoms. The van der Waals surface area contributed by atoms with Gasteiger partial charge in [-0.2, -0.15) is 0 Å². The van der Waals surface area contributed by atoms with Gasteiger partial charge in [0.25, 0.3) is 11.1 Å². The molecule has 4 rings (SSSR count). The molecule has 3 aromatic rings. The highest BCUT2D eigenvalue weighted by Gasteiger charge is 2.35. The third-order valence-corrected chi connectivity index (χ3v) is 6.77. The smallest absolute Gasteiger partial charge is 0.293 e. The highest BCUT2D eigenvalue weighted by atomic mass is 35.5. The summed E-state index contributed by atoms with van der Waals surface area (Å²) in [5, 5.41) is 3.49. The van der Waals surface area contributed by atoms with Crippen molar-refractivity contribution >= 4 is 63.8 Å². The molecule has 0 spiro atoms. The van der Waals surface area contributed by atoms with Crippen molar-refractivity contribution in [3.8, 4) is 11.5 Å². The number of amides is 3. The molecule has 0 unspecified atom stereocenters. The van der Waals surface area contributed by atoms with Crippen LogP contribution in [0.1, 0.15) is 17.5 Å². The van der Waals surface area contributed by atoms with E-state index in [2.05, 4.69) is 5.32 Å². The van der Waals surface area contributed by atoms with Crippen LogP contribution in [0.25, 0.3) is 6.08 Å². The number of imide groups is 1. The molecule has 1 fully saturated rings. The first kappa shape index (κ1) is 26.6. The van der Waals surface area contributed by atoms with Gasteiger partial charge in [0.2, 0.25) is 5.91 Å². The lowest BCUT2D eigenvalue weighted by molar-refractivity contribution is -0.123. The van der Waals surface area contributed by atoms with E-state index in [0.717, 1.165) is 22.2 Å². The molecule has 0 aliphatic carbocycles. The Kier molecular flexibility index (Phi) is 8.76. The number of rotatable bonds is 9. The summed E-state index contributed by atoms with van der Waals surface area (Å²) in [6.45, 7) is 0.305. The Hall–Kier alpha value is -3.46. The number of nitrogens with zero attached hydrogens (tertiary/aromatic N) is 1. The predicted octanol–water partition coefficient (Wildman–Crippen LogP) is 6.65. The van der Waals surface area contributed by atoms with Gasteiger partial charge < -0.3 is 14.8 Å². The molecule has 0 aromatic heterocycles. The molecule has 1 heterocycles. The van der Waals surface area contributed by atoms with Gasteiger partial charge in [0, 0.05) is 28.7 Å². The molecule has 1 aliphatic heterocycles. The monoisotopic (exact) mass is 556 g/mol. The third kappa shape index (κ3) is 7.07. The summed E-state index contributed by atoms with van der Waals surface area (Å²) >= 11 is 12.6. The molecule has 190 valence electrons. The second kappa shape index (κ2) is 12.2. The van der Waals surface area contributed by atoms with E-state index in [-0.39, 0.29) is 23.8 Å². The summed E-state index contributed by atoms with van der Waals surface area (Å²) in [5.74, 6) is 0.260. The second-order valence-electron chi connectivity index (χ2n) is 7.96. The van der Waals surface area contributed by atoms with Crippen LogP contribution >= 0.6 is 35.0 Å². The number of hydrogen-bond donors (Lipinski definition) is 1. The van der Waals surface area contributed by atoms with Gasteiger partial charge in [0.1, 0.15) is 6.61 Å². The van der Waals surface area contributed by atoms with E-state index in [1.807, 2.05) is 12.1 Å². The van der Waals surface area contributed by atoms with Gasteiger partial charge in [0.05, 0.1) is 12.0 Å². The quantitative estimate of drug-likeness (QED) is 0.297. The highest BCUT2D eigenvalue weighted by molar-refractivity contribution is 8.18. The minimum atomic E-state index is -0.448. The van der Waals surface area contributed by atoms with Crippen LogP contribution in [0.5, 0.6) is 11.5 Å². The molecule has 0 bridgehead atoms. The number of ether oxygens (including phenoxy) is 2.